The molecule has 2 aromatic heterocycles. The number of hydrogen-bond acceptors (Lipinski definition) is 4. The molecule has 1 atom stereocenters. The van der Waals surface area contributed by atoms with Crippen LogP contribution in [0.1, 0.15) is 22.7 Å². The zero-order valence-corrected chi connectivity index (χ0v) is 16.2. The lowest BCUT2D eigenvalue weighted by molar-refractivity contribution is -0.139. The second-order valence-corrected chi connectivity index (χ2v) is 7.61. The van der Waals surface area contributed by atoms with Crippen molar-refractivity contribution in [3.05, 3.63) is 87.3 Å². The van der Waals surface area contributed by atoms with Crippen LogP contribution in [-0.4, -0.2) is 20.6 Å². The third-order valence-electron chi connectivity index (χ3n) is 4.82. The molecule has 0 fully saturated rings. The molecule has 4 aromatic rings. The number of aliphatic carboxylic acids is 1. The number of aryl methyl sites for hydroxylation is 2. The summed E-state index contributed by atoms with van der Waals surface area (Å²) in [5.41, 5.74) is 4.14. The van der Waals surface area contributed by atoms with Gasteiger partial charge < -0.3 is 5.11 Å². The highest BCUT2D eigenvalue weighted by Gasteiger charge is 2.25. The van der Waals surface area contributed by atoms with Crippen molar-refractivity contribution in [2.45, 2.75) is 19.9 Å². The number of aromatic nitrogens is 2. The third-order valence-corrected chi connectivity index (χ3v) is 5.71. The van der Waals surface area contributed by atoms with Crippen LogP contribution in [0.15, 0.2) is 65.0 Å². The fourth-order valence-electron chi connectivity index (χ4n) is 3.50. The van der Waals surface area contributed by atoms with Crippen LogP contribution in [0.3, 0.4) is 0 Å². The van der Waals surface area contributed by atoms with E-state index in [0.29, 0.717) is 15.8 Å². The van der Waals surface area contributed by atoms with Gasteiger partial charge in [0.25, 0.3) is 5.56 Å². The SMILES string of the molecule is Cc1ccc(-c2csc3ncn(C(C(=O)O)c4ccccc4)c(=O)c23)c(C)c1. The van der Waals surface area contributed by atoms with E-state index in [1.165, 1.54) is 22.2 Å². The molecule has 0 spiro atoms. The van der Waals surface area contributed by atoms with E-state index in [1.807, 2.05) is 37.4 Å². The van der Waals surface area contributed by atoms with E-state index in [1.54, 1.807) is 24.3 Å². The third kappa shape index (κ3) is 3.01. The summed E-state index contributed by atoms with van der Waals surface area (Å²) in [6.07, 6.45) is 1.33. The molecule has 5 nitrogen and oxygen atoms in total. The van der Waals surface area contributed by atoms with Crippen LogP contribution in [0.2, 0.25) is 0 Å². The van der Waals surface area contributed by atoms with E-state index < -0.39 is 12.0 Å². The Hall–Kier alpha value is -3.25. The first-order chi connectivity index (χ1) is 13.5. The van der Waals surface area contributed by atoms with Gasteiger partial charge in [0, 0.05) is 10.9 Å². The molecule has 1 N–H and O–H groups in total. The number of carbonyl (C=O) groups is 1. The van der Waals surface area contributed by atoms with Gasteiger partial charge in [-0.05, 0) is 30.5 Å². The van der Waals surface area contributed by atoms with Crippen LogP contribution < -0.4 is 5.56 Å². The fraction of sp³-hybridized carbons (Fsp3) is 0.136. The average Bonchev–Trinajstić information content (AvgIpc) is 3.09. The molecule has 2 aromatic carbocycles. The minimum Gasteiger partial charge on any atom is -0.479 e. The Morgan fingerprint density at radius 2 is 1.86 bits per heavy atom. The van der Waals surface area contributed by atoms with Gasteiger partial charge in [-0.2, -0.15) is 0 Å². The van der Waals surface area contributed by atoms with E-state index in [2.05, 4.69) is 11.1 Å². The van der Waals surface area contributed by atoms with Crippen molar-refractivity contribution in [2.24, 2.45) is 0 Å². The maximum absolute atomic E-state index is 13.3. The summed E-state index contributed by atoms with van der Waals surface area (Å²) < 4.78 is 1.21. The van der Waals surface area contributed by atoms with Crippen molar-refractivity contribution in [3.63, 3.8) is 0 Å². The standard InChI is InChI=1S/C22H18N2O3S/c1-13-8-9-16(14(2)10-13)17-11-28-20-18(17)21(25)24(12-23-20)19(22(26)27)15-6-4-3-5-7-15/h3-12,19H,1-2H3,(H,26,27). The molecule has 0 saturated heterocycles. The lowest BCUT2D eigenvalue weighted by atomic mass is 9.99. The van der Waals surface area contributed by atoms with Gasteiger partial charge in [0.2, 0.25) is 0 Å². The Bertz CT molecular complexity index is 1240. The number of carboxylic acids is 1. The molecule has 1 unspecified atom stereocenters. The second kappa shape index (κ2) is 7.05. The van der Waals surface area contributed by atoms with Crippen molar-refractivity contribution in [1.29, 1.82) is 0 Å². The zero-order valence-electron chi connectivity index (χ0n) is 15.4. The maximum atomic E-state index is 13.3. The van der Waals surface area contributed by atoms with Gasteiger partial charge in [0.1, 0.15) is 11.2 Å². The van der Waals surface area contributed by atoms with Gasteiger partial charge in [-0.25, -0.2) is 9.78 Å². The minimum atomic E-state index is -1.13. The van der Waals surface area contributed by atoms with Gasteiger partial charge in [-0.15, -0.1) is 11.3 Å². The molecule has 2 heterocycles. The molecule has 0 bridgehead atoms. The van der Waals surface area contributed by atoms with Gasteiger partial charge in [-0.3, -0.25) is 9.36 Å². The van der Waals surface area contributed by atoms with Gasteiger partial charge in [0.15, 0.2) is 6.04 Å². The molecule has 140 valence electrons. The monoisotopic (exact) mass is 390 g/mol. The summed E-state index contributed by atoms with van der Waals surface area (Å²) in [6.45, 7) is 4.03. The van der Waals surface area contributed by atoms with E-state index in [9.17, 15) is 14.7 Å². The van der Waals surface area contributed by atoms with E-state index in [-0.39, 0.29) is 5.56 Å². The van der Waals surface area contributed by atoms with Crippen molar-refractivity contribution < 1.29 is 9.90 Å². The predicted molar refractivity (Wildman–Crippen MR) is 111 cm³/mol. The lowest BCUT2D eigenvalue weighted by Crippen LogP contribution is -2.30. The Kier molecular flexibility index (Phi) is 4.57. The molecule has 0 amide bonds. The summed E-state index contributed by atoms with van der Waals surface area (Å²) in [6, 6.07) is 13.7. The molecule has 6 heteroatoms. The first-order valence-corrected chi connectivity index (χ1v) is 9.69. The molecule has 28 heavy (non-hydrogen) atoms. The lowest BCUT2D eigenvalue weighted by Gasteiger charge is -2.16. The Morgan fingerprint density at radius 3 is 2.54 bits per heavy atom. The van der Waals surface area contributed by atoms with E-state index in [0.717, 1.165) is 22.3 Å². The predicted octanol–water partition coefficient (Wildman–Crippen LogP) is 4.42. The van der Waals surface area contributed by atoms with Crippen LogP contribution >= 0.6 is 11.3 Å². The Labute approximate surface area is 165 Å². The highest BCUT2D eigenvalue weighted by atomic mass is 32.1. The first kappa shape index (κ1) is 18.1. The summed E-state index contributed by atoms with van der Waals surface area (Å²) in [5, 5.41) is 12.2. The average molecular weight is 390 g/mol. The molecular weight excluding hydrogens is 372 g/mol. The highest BCUT2D eigenvalue weighted by Crippen LogP contribution is 2.33. The zero-order chi connectivity index (χ0) is 19.8. The normalized spacial score (nSPS) is 12.2. The van der Waals surface area contributed by atoms with E-state index >= 15 is 0 Å². The summed E-state index contributed by atoms with van der Waals surface area (Å²) >= 11 is 1.39. The van der Waals surface area contributed by atoms with Crippen molar-refractivity contribution >= 4 is 27.5 Å². The van der Waals surface area contributed by atoms with Crippen molar-refractivity contribution in [1.82, 2.24) is 9.55 Å². The van der Waals surface area contributed by atoms with Gasteiger partial charge >= 0.3 is 5.97 Å². The van der Waals surface area contributed by atoms with Crippen molar-refractivity contribution in [2.75, 3.05) is 0 Å². The summed E-state index contributed by atoms with van der Waals surface area (Å²) in [7, 11) is 0. The number of fused-ring (bicyclic) bond motifs is 1. The highest BCUT2D eigenvalue weighted by molar-refractivity contribution is 7.17. The fourth-order valence-corrected chi connectivity index (χ4v) is 4.40. The number of thiophene rings is 1. The number of carboxylic acid groups (broad SMARTS) is 1. The first-order valence-electron chi connectivity index (χ1n) is 8.81. The molecule has 0 aliphatic heterocycles. The molecule has 0 aliphatic rings. The molecule has 0 saturated carbocycles. The number of benzene rings is 2. The summed E-state index contributed by atoms with van der Waals surface area (Å²) in [5.74, 6) is -1.10. The minimum absolute atomic E-state index is 0.350. The van der Waals surface area contributed by atoms with Crippen LogP contribution in [0, 0.1) is 13.8 Å². The van der Waals surface area contributed by atoms with Gasteiger partial charge in [0.05, 0.1) is 5.39 Å². The molecule has 0 aliphatic carbocycles. The van der Waals surface area contributed by atoms with Crippen LogP contribution in [0.25, 0.3) is 21.3 Å². The van der Waals surface area contributed by atoms with Crippen LogP contribution in [0.5, 0.6) is 0 Å². The largest absolute Gasteiger partial charge is 0.479 e. The summed E-state index contributed by atoms with van der Waals surface area (Å²) in [4.78, 5) is 30.3. The van der Waals surface area contributed by atoms with Crippen molar-refractivity contribution in [3.8, 4) is 11.1 Å². The van der Waals surface area contributed by atoms with Crippen LogP contribution in [-0.2, 0) is 4.79 Å². The quantitative estimate of drug-likeness (QED) is 0.560. The maximum Gasteiger partial charge on any atom is 0.331 e. The topological polar surface area (TPSA) is 72.2 Å². The second-order valence-electron chi connectivity index (χ2n) is 6.76. The number of hydrogen-bond donors (Lipinski definition) is 1. The van der Waals surface area contributed by atoms with E-state index in [4.69, 9.17) is 0 Å². The van der Waals surface area contributed by atoms with Crippen LogP contribution in [0.4, 0.5) is 0 Å². The molecule has 0 radical (unpaired) electrons. The number of nitrogens with zero attached hydrogens (tertiary/aromatic N) is 2. The van der Waals surface area contributed by atoms with Gasteiger partial charge in [-0.1, -0.05) is 54.1 Å². The smallest absolute Gasteiger partial charge is 0.331 e. The Balaban J connectivity index is 1.96. The molecular formula is C22H18N2O3S. The number of rotatable bonds is 4. The molecule has 4 rings (SSSR count). The Morgan fingerprint density at radius 1 is 1.11 bits per heavy atom.